The molecule has 0 amide bonds. The van der Waals surface area contributed by atoms with Crippen LogP contribution in [0.1, 0.15) is 23.7 Å². The zero-order chi connectivity index (χ0) is 14.3. The highest BCUT2D eigenvalue weighted by molar-refractivity contribution is 6.30. The van der Waals surface area contributed by atoms with E-state index in [9.17, 15) is 0 Å². The topological polar surface area (TPSA) is 55.0 Å². The molecule has 0 bridgehead atoms. The van der Waals surface area contributed by atoms with Gasteiger partial charge in [-0.3, -0.25) is 4.90 Å². The largest absolute Gasteiger partial charge is 0.368 e. The summed E-state index contributed by atoms with van der Waals surface area (Å²) < 4.78 is 0. The molecule has 0 spiro atoms. The third-order valence-corrected chi connectivity index (χ3v) is 3.99. The number of fused-ring (bicyclic) bond motifs is 1. The first-order valence-corrected chi connectivity index (χ1v) is 7.10. The van der Waals surface area contributed by atoms with Crippen molar-refractivity contribution in [2.24, 2.45) is 0 Å². The monoisotopic (exact) mass is 288 g/mol. The normalized spacial score (nSPS) is 14.6. The average Bonchev–Trinajstić information content (AvgIpc) is 2.81. The van der Waals surface area contributed by atoms with E-state index in [1.165, 1.54) is 5.56 Å². The van der Waals surface area contributed by atoms with E-state index in [4.69, 9.17) is 17.3 Å². The van der Waals surface area contributed by atoms with E-state index in [1.54, 1.807) is 0 Å². The van der Waals surface area contributed by atoms with Crippen LogP contribution in [0.4, 0.5) is 5.95 Å². The Labute approximate surface area is 123 Å². The molecule has 104 valence electrons. The van der Waals surface area contributed by atoms with Crippen molar-refractivity contribution in [3.63, 3.8) is 0 Å². The number of nitrogens with two attached hydrogens (primary N) is 1. The lowest BCUT2D eigenvalue weighted by atomic mass is 10.0. The number of halogens is 1. The van der Waals surface area contributed by atoms with Crippen LogP contribution in [0.15, 0.2) is 18.2 Å². The molecule has 20 heavy (non-hydrogen) atoms. The second kappa shape index (κ2) is 5.04. The number of anilines is 1. The number of nitrogen functional groups attached to an aromatic ring is 1. The summed E-state index contributed by atoms with van der Waals surface area (Å²) in [4.78, 5) is 11.2. The van der Waals surface area contributed by atoms with E-state index < -0.39 is 0 Å². The summed E-state index contributed by atoms with van der Waals surface area (Å²) in [6, 6.07) is 5.85. The minimum atomic E-state index is 0.339. The van der Waals surface area contributed by atoms with Crippen LogP contribution in [-0.2, 0) is 13.1 Å². The van der Waals surface area contributed by atoms with E-state index >= 15 is 0 Å². The molecular formula is C15H17ClN4. The number of hydrogen-bond donors (Lipinski definition) is 1. The summed E-state index contributed by atoms with van der Waals surface area (Å²) in [7, 11) is 0. The van der Waals surface area contributed by atoms with Gasteiger partial charge in [0.25, 0.3) is 0 Å². The lowest BCUT2D eigenvalue weighted by Crippen LogP contribution is -2.14. The van der Waals surface area contributed by atoms with Gasteiger partial charge in [-0.25, -0.2) is 9.97 Å². The second-order valence-electron chi connectivity index (χ2n) is 5.12. The molecule has 2 heterocycles. The summed E-state index contributed by atoms with van der Waals surface area (Å²) in [5, 5.41) is 0.736. The molecule has 0 radical (unpaired) electrons. The van der Waals surface area contributed by atoms with Crippen molar-refractivity contribution in [2.45, 2.75) is 26.9 Å². The first-order valence-electron chi connectivity index (χ1n) is 6.72. The average molecular weight is 289 g/mol. The zero-order valence-electron chi connectivity index (χ0n) is 11.7. The van der Waals surface area contributed by atoms with E-state index in [0.29, 0.717) is 5.95 Å². The highest BCUT2D eigenvalue weighted by atomic mass is 35.5. The zero-order valence-corrected chi connectivity index (χ0v) is 12.4. The van der Waals surface area contributed by atoms with Crippen LogP contribution in [0.5, 0.6) is 0 Å². The van der Waals surface area contributed by atoms with Gasteiger partial charge in [-0.05, 0) is 31.2 Å². The molecule has 0 aliphatic carbocycles. The molecule has 1 aliphatic rings. The van der Waals surface area contributed by atoms with Gasteiger partial charge in [-0.2, -0.15) is 0 Å². The van der Waals surface area contributed by atoms with Crippen LogP contribution < -0.4 is 5.73 Å². The summed E-state index contributed by atoms with van der Waals surface area (Å²) in [5.41, 5.74) is 11.2. The Morgan fingerprint density at radius 1 is 1.30 bits per heavy atom. The van der Waals surface area contributed by atoms with Gasteiger partial charge < -0.3 is 5.73 Å². The highest BCUT2D eigenvalue weighted by Crippen LogP contribution is 2.33. The first kappa shape index (κ1) is 13.3. The van der Waals surface area contributed by atoms with Gasteiger partial charge in [0.15, 0.2) is 0 Å². The van der Waals surface area contributed by atoms with Gasteiger partial charge >= 0.3 is 0 Å². The molecule has 4 nitrogen and oxygen atoms in total. The molecule has 1 aliphatic heterocycles. The fourth-order valence-corrected chi connectivity index (χ4v) is 2.90. The number of aryl methyl sites for hydroxylation is 1. The van der Waals surface area contributed by atoms with Gasteiger partial charge in [0.05, 0.1) is 11.4 Å². The first-order chi connectivity index (χ1) is 9.58. The Kier molecular flexibility index (Phi) is 3.36. The number of rotatable bonds is 2. The summed E-state index contributed by atoms with van der Waals surface area (Å²) in [5.74, 6) is 0.339. The van der Waals surface area contributed by atoms with Crippen molar-refractivity contribution >= 4 is 17.5 Å². The Bertz CT molecular complexity index is 669. The summed E-state index contributed by atoms with van der Waals surface area (Å²) in [6.07, 6.45) is 0. The fraction of sp³-hybridized carbons (Fsp3) is 0.333. The maximum absolute atomic E-state index is 6.03. The van der Waals surface area contributed by atoms with Gasteiger partial charge in [-0.15, -0.1) is 0 Å². The van der Waals surface area contributed by atoms with E-state index in [0.717, 1.165) is 47.2 Å². The third kappa shape index (κ3) is 2.25. The van der Waals surface area contributed by atoms with Crippen LogP contribution >= 0.6 is 11.6 Å². The van der Waals surface area contributed by atoms with Gasteiger partial charge in [0, 0.05) is 29.2 Å². The van der Waals surface area contributed by atoms with Crippen LogP contribution in [0.2, 0.25) is 5.02 Å². The molecule has 2 aromatic rings. The minimum Gasteiger partial charge on any atom is -0.368 e. The van der Waals surface area contributed by atoms with Gasteiger partial charge in [0.2, 0.25) is 5.95 Å². The Hall–Kier alpha value is -1.65. The van der Waals surface area contributed by atoms with Crippen LogP contribution in [0, 0.1) is 6.92 Å². The molecular weight excluding hydrogens is 272 g/mol. The lowest BCUT2D eigenvalue weighted by molar-refractivity contribution is 0.299. The molecule has 1 aromatic carbocycles. The van der Waals surface area contributed by atoms with E-state index in [1.807, 2.05) is 25.1 Å². The lowest BCUT2D eigenvalue weighted by Gasteiger charge is -2.12. The van der Waals surface area contributed by atoms with Gasteiger partial charge in [-0.1, -0.05) is 24.6 Å². The molecule has 0 unspecified atom stereocenters. The van der Waals surface area contributed by atoms with Crippen molar-refractivity contribution in [1.29, 1.82) is 0 Å². The Morgan fingerprint density at radius 3 is 2.80 bits per heavy atom. The molecule has 0 saturated heterocycles. The van der Waals surface area contributed by atoms with E-state index in [2.05, 4.69) is 21.8 Å². The highest BCUT2D eigenvalue weighted by Gasteiger charge is 2.24. The molecule has 2 N–H and O–H groups in total. The molecule has 5 heteroatoms. The predicted molar refractivity (Wildman–Crippen MR) is 81.4 cm³/mol. The fourth-order valence-electron chi connectivity index (χ4n) is 2.68. The van der Waals surface area contributed by atoms with Crippen molar-refractivity contribution < 1.29 is 0 Å². The predicted octanol–water partition coefficient (Wildman–Crippen LogP) is 3.02. The molecule has 3 rings (SSSR count). The number of aromatic nitrogens is 2. The van der Waals surface area contributed by atoms with Crippen molar-refractivity contribution in [2.75, 3.05) is 12.3 Å². The molecule has 0 atom stereocenters. The second-order valence-corrected chi connectivity index (χ2v) is 5.55. The number of benzene rings is 1. The van der Waals surface area contributed by atoms with Crippen molar-refractivity contribution in [1.82, 2.24) is 14.9 Å². The Balaban J connectivity index is 2.15. The van der Waals surface area contributed by atoms with Crippen LogP contribution in [-0.4, -0.2) is 21.4 Å². The number of hydrogen-bond acceptors (Lipinski definition) is 4. The maximum atomic E-state index is 6.03. The minimum absolute atomic E-state index is 0.339. The van der Waals surface area contributed by atoms with Crippen molar-refractivity contribution in [3.05, 3.63) is 40.0 Å². The maximum Gasteiger partial charge on any atom is 0.220 e. The molecule has 0 saturated carbocycles. The third-order valence-electron chi connectivity index (χ3n) is 3.76. The molecule has 0 fully saturated rings. The van der Waals surface area contributed by atoms with Crippen LogP contribution in [0.3, 0.4) is 0 Å². The molecule has 1 aromatic heterocycles. The van der Waals surface area contributed by atoms with Crippen molar-refractivity contribution in [3.8, 4) is 11.3 Å². The summed E-state index contributed by atoms with van der Waals surface area (Å²) >= 11 is 6.03. The standard InChI is InChI=1S/C15H17ClN4/c1-3-20-7-12-13(8-20)18-15(17)19-14(12)11-5-4-10(16)6-9(11)2/h4-6H,3,7-8H2,1-2H3,(H2,17,18,19). The summed E-state index contributed by atoms with van der Waals surface area (Å²) in [6.45, 7) is 6.91. The SMILES string of the molecule is CCN1Cc2nc(N)nc(-c3ccc(Cl)cc3C)c2C1. The van der Waals surface area contributed by atoms with Crippen LogP contribution in [0.25, 0.3) is 11.3 Å². The smallest absolute Gasteiger partial charge is 0.220 e. The quantitative estimate of drug-likeness (QED) is 0.923. The number of nitrogens with zero attached hydrogens (tertiary/aromatic N) is 3. The Morgan fingerprint density at radius 2 is 2.10 bits per heavy atom. The van der Waals surface area contributed by atoms with E-state index in [-0.39, 0.29) is 0 Å². The van der Waals surface area contributed by atoms with Gasteiger partial charge in [0.1, 0.15) is 0 Å².